The Bertz CT molecular complexity index is 553. The maximum Gasteiger partial charge on any atom is 0.154 e. The third-order valence-electron chi connectivity index (χ3n) is 4.16. The third-order valence-corrected chi connectivity index (χ3v) is 5.88. The van der Waals surface area contributed by atoms with Crippen LogP contribution in [0.1, 0.15) is 36.8 Å². The summed E-state index contributed by atoms with van der Waals surface area (Å²) in [6.07, 6.45) is 2.98. The van der Waals surface area contributed by atoms with E-state index in [1.165, 1.54) is 0 Å². The summed E-state index contributed by atoms with van der Waals surface area (Å²) in [4.78, 5) is 4.57. The molecule has 3 heterocycles. The minimum atomic E-state index is -2.83. The van der Waals surface area contributed by atoms with Crippen molar-refractivity contribution < 1.29 is 13.5 Å². The molecule has 0 saturated carbocycles. The Balaban J connectivity index is 1.75. The van der Waals surface area contributed by atoms with Crippen molar-refractivity contribution in [3.63, 3.8) is 0 Å². The van der Waals surface area contributed by atoms with Crippen LogP contribution in [-0.2, 0) is 22.8 Å². The standard InChI is InChI=1S/C12H19N3O3S/c16-8-9-1-4-15-11(7-9)13-12(14-15)10-2-5-19(17,18)6-3-10/h9-10,16H,1-8H2. The summed E-state index contributed by atoms with van der Waals surface area (Å²) in [5.41, 5.74) is 0. The van der Waals surface area contributed by atoms with E-state index in [4.69, 9.17) is 0 Å². The molecular weight excluding hydrogens is 266 g/mol. The molecule has 0 aliphatic carbocycles. The normalized spacial score (nSPS) is 27.1. The topological polar surface area (TPSA) is 85.1 Å². The second-order valence-corrected chi connectivity index (χ2v) is 7.88. The molecule has 1 fully saturated rings. The molecule has 3 rings (SSSR count). The molecule has 1 saturated heterocycles. The van der Waals surface area contributed by atoms with Gasteiger partial charge in [0.15, 0.2) is 5.82 Å². The predicted molar refractivity (Wildman–Crippen MR) is 69.5 cm³/mol. The molecular formula is C12H19N3O3S. The zero-order chi connectivity index (χ0) is 13.5. The van der Waals surface area contributed by atoms with E-state index >= 15 is 0 Å². The molecule has 0 spiro atoms. The molecule has 0 aromatic carbocycles. The van der Waals surface area contributed by atoms with Crippen molar-refractivity contribution in [1.29, 1.82) is 0 Å². The van der Waals surface area contributed by atoms with Gasteiger partial charge in [0.05, 0.1) is 11.5 Å². The molecule has 106 valence electrons. The van der Waals surface area contributed by atoms with Crippen LogP contribution in [-0.4, -0.2) is 46.4 Å². The summed E-state index contributed by atoms with van der Waals surface area (Å²) >= 11 is 0. The Hall–Kier alpha value is -0.950. The summed E-state index contributed by atoms with van der Waals surface area (Å²) in [6.45, 7) is 1.00. The highest BCUT2D eigenvalue weighted by Crippen LogP contribution is 2.28. The Kier molecular flexibility index (Phi) is 3.34. The van der Waals surface area contributed by atoms with Gasteiger partial charge in [0.2, 0.25) is 0 Å². The van der Waals surface area contributed by atoms with Gasteiger partial charge in [-0.25, -0.2) is 18.1 Å². The van der Waals surface area contributed by atoms with Crippen molar-refractivity contribution in [1.82, 2.24) is 14.8 Å². The number of aromatic nitrogens is 3. The van der Waals surface area contributed by atoms with Crippen LogP contribution < -0.4 is 0 Å². The first-order chi connectivity index (χ1) is 9.07. The van der Waals surface area contributed by atoms with Crippen LogP contribution in [0.3, 0.4) is 0 Å². The lowest BCUT2D eigenvalue weighted by molar-refractivity contribution is 0.196. The van der Waals surface area contributed by atoms with Gasteiger partial charge in [-0.2, -0.15) is 5.10 Å². The molecule has 2 aliphatic heterocycles. The highest BCUT2D eigenvalue weighted by molar-refractivity contribution is 7.91. The Morgan fingerprint density at radius 2 is 2.00 bits per heavy atom. The summed E-state index contributed by atoms with van der Waals surface area (Å²) in [5, 5.41) is 13.7. The van der Waals surface area contributed by atoms with E-state index < -0.39 is 9.84 Å². The number of aryl methyl sites for hydroxylation is 1. The van der Waals surface area contributed by atoms with Gasteiger partial charge in [0.25, 0.3) is 0 Å². The van der Waals surface area contributed by atoms with E-state index in [1.54, 1.807) is 0 Å². The highest BCUT2D eigenvalue weighted by Gasteiger charge is 2.29. The van der Waals surface area contributed by atoms with Crippen LogP contribution in [0.15, 0.2) is 0 Å². The van der Waals surface area contributed by atoms with E-state index in [0.717, 1.165) is 31.0 Å². The molecule has 1 atom stereocenters. The number of nitrogens with zero attached hydrogens (tertiary/aromatic N) is 3. The van der Waals surface area contributed by atoms with E-state index in [9.17, 15) is 13.5 Å². The lowest BCUT2D eigenvalue weighted by Gasteiger charge is -2.19. The molecule has 7 heteroatoms. The molecule has 6 nitrogen and oxygen atoms in total. The molecule has 0 bridgehead atoms. The van der Waals surface area contributed by atoms with Gasteiger partial charge < -0.3 is 5.11 Å². The molecule has 2 aliphatic rings. The average Bonchev–Trinajstić information content (AvgIpc) is 2.81. The molecule has 1 aromatic heterocycles. The fourth-order valence-electron chi connectivity index (χ4n) is 2.87. The monoisotopic (exact) mass is 285 g/mol. The van der Waals surface area contributed by atoms with Crippen LogP contribution in [0.4, 0.5) is 0 Å². The molecule has 19 heavy (non-hydrogen) atoms. The van der Waals surface area contributed by atoms with E-state index in [-0.39, 0.29) is 29.9 Å². The zero-order valence-electron chi connectivity index (χ0n) is 10.8. The van der Waals surface area contributed by atoms with Crippen LogP contribution in [0.5, 0.6) is 0 Å². The van der Waals surface area contributed by atoms with Crippen LogP contribution in [0, 0.1) is 5.92 Å². The lowest BCUT2D eigenvalue weighted by Crippen LogP contribution is -2.23. The first kappa shape index (κ1) is 13.1. The number of aliphatic hydroxyl groups is 1. The zero-order valence-corrected chi connectivity index (χ0v) is 11.6. The maximum atomic E-state index is 11.4. The number of aliphatic hydroxyl groups excluding tert-OH is 1. The van der Waals surface area contributed by atoms with E-state index in [2.05, 4.69) is 10.1 Å². The minimum Gasteiger partial charge on any atom is -0.396 e. The van der Waals surface area contributed by atoms with Crippen molar-refractivity contribution in [3.05, 3.63) is 11.6 Å². The number of hydrogen-bond donors (Lipinski definition) is 1. The first-order valence-corrected chi connectivity index (χ1v) is 8.64. The van der Waals surface area contributed by atoms with E-state index in [1.807, 2.05) is 4.68 Å². The van der Waals surface area contributed by atoms with Gasteiger partial charge >= 0.3 is 0 Å². The fourth-order valence-corrected chi connectivity index (χ4v) is 4.36. The van der Waals surface area contributed by atoms with Crippen molar-refractivity contribution in [3.8, 4) is 0 Å². The van der Waals surface area contributed by atoms with Crippen LogP contribution in [0.2, 0.25) is 0 Å². The maximum absolute atomic E-state index is 11.4. The SMILES string of the molecule is O=S1(=O)CCC(c2nc3n(n2)CCC(CO)C3)CC1. The molecule has 0 amide bonds. The Morgan fingerprint density at radius 1 is 1.26 bits per heavy atom. The Labute approximate surface area is 112 Å². The van der Waals surface area contributed by atoms with Gasteiger partial charge in [0.1, 0.15) is 15.7 Å². The summed E-state index contributed by atoms with van der Waals surface area (Å²) in [6, 6.07) is 0. The lowest BCUT2D eigenvalue weighted by atomic mass is 9.99. The fraction of sp³-hybridized carbons (Fsp3) is 0.833. The summed E-state index contributed by atoms with van der Waals surface area (Å²) in [7, 11) is -2.83. The molecule has 0 radical (unpaired) electrons. The van der Waals surface area contributed by atoms with Gasteiger partial charge in [-0.05, 0) is 25.2 Å². The average molecular weight is 285 g/mol. The smallest absolute Gasteiger partial charge is 0.154 e. The largest absolute Gasteiger partial charge is 0.396 e. The van der Waals surface area contributed by atoms with Crippen molar-refractivity contribution in [2.24, 2.45) is 5.92 Å². The molecule has 1 aromatic rings. The third kappa shape index (κ3) is 2.67. The van der Waals surface area contributed by atoms with Crippen molar-refractivity contribution in [2.75, 3.05) is 18.1 Å². The minimum absolute atomic E-state index is 0.175. The summed E-state index contributed by atoms with van der Waals surface area (Å²) in [5.74, 6) is 2.70. The summed E-state index contributed by atoms with van der Waals surface area (Å²) < 4.78 is 24.8. The molecule has 1 N–H and O–H groups in total. The van der Waals surface area contributed by atoms with Gasteiger partial charge in [0, 0.05) is 25.5 Å². The van der Waals surface area contributed by atoms with Crippen LogP contribution in [0.25, 0.3) is 0 Å². The number of sulfone groups is 1. The quantitative estimate of drug-likeness (QED) is 0.834. The Morgan fingerprint density at radius 3 is 2.68 bits per heavy atom. The van der Waals surface area contributed by atoms with Crippen molar-refractivity contribution in [2.45, 2.75) is 38.1 Å². The van der Waals surface area contributed by atoms with Gasteiger partial charge in [-0.15, -0.1) is 0 Å². The van der Waals surface area contributed by atoms with Gasteiger partial charge in [-0.3, -0.25) is 0 Å². The highest BCUT2D eigenvalue weighted by atomic mass is 32.2. The predicted octanol–water partition coefficient (Wildman–Crippen LogP) is 0.125. The molecule has 1 unspecified atom stereocenters. The second kappa shape index (κ2) is 4.86. The number of hydrogen-bond acceptors (Lipinski definition) is 5. The van der Waals surface area contributed by atoms with E-state index in [0.29, 0.717) is 12.8 Å². The van der Waals surface area contributed by atoms with Crippen LogP contribution >= 0.6 is 0 Å². The first-order valence-electron chi connectivity index (χ1n) is 6.82. The second-order valence-electron chi connectivity index (χ2n) is 5.58. The number of rotatable bonds is 2. The van der Waals surface area contributed by atoms with Crippen molar-refractivity contribution >= 4 is 9.84 Å². The van der Waals surface area contributed by atoms with Gasteiger partial charge in [-0.1, -0.05) is 0 Å². The number of fused-ring (bicyclic) bond motifs is 1.